The second kappa shape index (κ2) is 10.7. The van der Waals surface area contributed by atoms with Gasteiger partial charge in [0.15, 0.2) is 10.9 Å². The highest BCUT2D eigenvalue weighted by molar-refractivity contribution is 9.11. The van der Waals surface area contributed by atoms with Crippen LogP contribution in [0.1, 0.15) is 0 Å². The number of para-hydroxylation sites is 2. The molecule has 0 amide bonds. The Morgan fingerprint density at radius 2 is 1.57 bits per heavy atom. The fraction of sp³-hybridized carbons (Fsp3) is 0. The third-order valence-corrected chi connectivity index (χ3v) is 6.73. The maximum absolute atomic E-state index is 5.50. The summed E-state index contributed by atoms with van der Waals surface area (Å²) in [4.78, 5) is 10.1. The number of nitrogens with one attached hydrogen (secondary N) is 3. The molecule has 2 aromatic carbocycles. The Morgan fingerprint density at radius 3 is 2.31 bits per heavy atom. The van der Waals surface area contributed by atoms with Crippen molar-refractivity contribution in [1.29, 1.82) is 0 Å². The molecule has 172 valence electrons. The lowest BCUT2D eigenvalue weighted by Crippen LogP contribution is -2.20. The number of hydrogen-bond donors (Lipinski definition) is 3. The van der Waals surface area contributed by atoms with Crippen LogP contribution in [0.2, 0.25) is 0 Å². The number of nitrogens with zero attached hydrogens (tertiary/aromatic N) is 4. The first-order valence-corrected chi connectivity index (χ1v) is 12.6. The van der Waals surface area contributed by atoms with Crippen LogP contribution in [0, 0.1) is 0 Å². The van der Waals surface area contributed by atoms with E-state index < -0.39 is 0 Å². The zero-order valence-corrected chi connectivity index (χ0v) is 21.4. The van der Waals surface area contributed by atoms with E-state index in [2.05, 4.69) is 52.0 Å². The minimum atomic E-state index is 0.388. The highest BCUT2D eigenvalue weighted by Gasteiger charge is 2.09. The lowest BCUT2D eigenvalue weighted by atomic mass is 10.1. The van der Waals surface area contributed by atoms with Crippen molar-refractivity contribution < 1.29 is 0 Å². The number of rotatable bonds is 6. The maximum Gasteiger partial charge on any atom is 0.227 e. The van der Waals surface area contributed by atoms with Gasteiger partial charge in [-0.1, -0.05) is 42.5 Å². The first kappa shape index (κ1) is 23.0. The number of hydrogen-bond acceptors (Lipinski definition) is 7. The fourth-order valence-electron chi connectivity index (χ4n) is 3.26. The SMILES string of the molecule is S=C(Nc1ccc(-c2ccccc2)nn1)Nc1ccccc1Nc1nccc(-c2ccc(Br)s2)n1. The summed E-state index contributed by atoms with van der Waals surface area (Å²) < 4.78 is 1.05. The Bertz CT molecular complexity index is 1460. The highest BCUT2D eigenvalue weighted by Crippen LogP contribution is 2.31. The average molecular weight is 561 g/mol. The summed E-state index contributed by atoms with van der Waals surface area (Å²) in [6.07, 6.45) is 1.73. The molecular formula is C25H18BrN7S2. The van der Waals surface area contributed by atoms with Gasteiger partial charge in [0.1, 0.15) is 0 Å². The van der Waals surface area contributed by atoms with Crippen molar-refractivity contribution in [2.24, 2.45) is 0 Å². The van der Waals surface area contributed by atoms with Crippen molar-refractivity contribution in [2.45, 2.75) is 0 Å². The third kappa shape index (κ3) is 5.86. The molecule has 35 heavy (non-hydrogen) atoms. The van der Waals surface area contributed by atoms with Crippen LogP contribution in [0.3, 0.4) is 0 Å². The molecule has 0 radical (unpaired) electrons. The molecule has 0 unspecified atom stereocenters. The zero-order chi connectivity index (χ0) is 24.0. The predicted octanol–water partition coefficient (Wildman–Crippen LogP) is 6.98. The summed E-state index contributed by atoms with van der Waals surface area (Å²) in [7, 11) is 0. The third-order valence-electron chi connectivity index (χ3n) is 4.88. The van der Waals surface area contributed by atoms with Crippen LogP contribution in [0.15, 0.2) is 94.9 Å². The summed E-state index contributed by atoms with van der Waals surface area (Å²) in [6.45, 7) is 0. The van der Waals surface area contributed by atoms with Crippen molar-refractivity contribution in [3.63, 3.8) is 0 Å². The molecule has 0 bridgehead atoms. The van der Waals surface area contributed by atoms with Gasteiger partial charge in [-0.15, -0.1) is 21.5 Å². The molecule has 0 atom stereocenters. The monoisotopic (exact) mass is 559 g/mol. The Balaban J connectivity index is 1.27. The smallest absolute Gasteiger partial charge is 0.227 e. The van der Waals surface area contributed by atoms with Crippen molar-refractivity contribution in [3.05, 3.63) is 94.9 Å². The van der Waals surface area contributed by atoms with Crippen LogP contribution in [0.4, 0.5) is 23.1 Å². The van der Waals surface area contributed by atoms with E-state index in [4.69, 9.17) is 12.2 Å². The van der Waals surface area contributed by atoms with Crippen LogP contribution >= 0.6 is 39.5 Å². The van der Waals surface area contributed by atoms with Crippen LogP contribution in [-0.4, -0.2) is 25.3 Å². The molecular weight excluding hydrogens is 542 g/mol. The molecule has 7 nitrogen and oxygen atoms in total. The molecule has 5 rings (SSSR count). The first-order valence-electron chi connectivity index (χ1n) is 10.6. The standard InChI is InChI=1S/C25H18BrN7S2/c26-22-12-11-21(35-22)20-14-15-27-24(29-20)28-18-8-4-5-9-19(18)30-25(34)31-23-13-10-17(32-33-23)16-6-2-1-3-7-16/h1-15H,(H,27,28,29)(H2,30,31,33,34). The van der Waals surface area contributed by atoms with E-state index in [1.807, 2.05) is 84.9 Å². The van der Waals surface area contributed by atoms with E-state index in [0.717, 1.165) is 37.0 Å². The van der Waals surface area contributed by atoms with Crippen LogP contribution in [-0.2, 0) is 0 Å². The molecule has 10 heteroatoms. The molecule has 0 fully saturated rings. The predicted molar refractivity (Wildman–Crippen MR) is 150 cm³/mol. The summed E-state index contributed by atoms with van der Waals surface area (Å²) in [5.74, 6) is 1.04. The van der Waals surface area contributed by atoms with Gasteiger partial charge in [-0.05, 0) is 70.6 Å². The van der Waals surface area contributed by atoms with E-state index >= 15 is 0 Å². The van der Waals surface area contributed by atoms with E-state index in [9.17, 15) is 0 Å². The number of thiophene rings is 1. The lowest BCUT2D eigenvalue weighted by molar-refractivity contribution is 1.05. The number of benzene rings is 2. The van der Waals surface area contributed by atoms with Gasteiger partial charge in [0, 0.05) is 11.8 Å². The number of halogens is 1. The van der Waals surface area contributed by atoms with E-state index in [1.54, 1.807) is 17.5 Å². The van der Waals surface area contributed by atoms with E-state index in [0.29, 0.717) is 16.9 Å². The minimum absolute atomic E-state index is 0.388. The van der Waals surface area contributed by atoms with Gasteiger partial charge in [0.05, 0.1) is 31.4 Å². The second-order valence-electron chi connectivity index (χ2n) is 7.29. The number of aromatic nitrogens is 4. The summed E-state index contributed by atoms with van der Waals surface area (Å²) in [5.41, 5.74) is 4.20. The van der Waals surface area contributed by atoms with Gasteiger partial charge >= 0.3 is 0 Å². The lowest BCUT2D eigenvalue weighted by Gasteiger charge is -2.14. The van der Waals surface area contributed by atoms with E-state index in [-0.39, 0.29) is 0 Å². The maximum atomic E-state index is 5.50. The Kier molecular flexibility index (Phi) is 7.03. The topological polar surface area (TPSA) is 87.7 Å². The van der Waals surface area contributed by atoms with Crippen LogP contribution < -0.4 is 16.0 Å². The highest BCUT2D eigenvalue weighted by atomic mass is 79.9. The number of thiocarbonyl (C=S) groups is 1. The molecule has 3 aromatic heterocycles. The van der Waals surface area contributed by atoms with Gasteiger partial charge in [-0.25, -0.2) is 9.97 Å². The molecule has 0 saturated heterocycles. The fourth-order valence-corrected chi connectivity index (χ4v) is 4.83. The molecule has 0 aliphatic heterocycles. The van der Waals surface area contributed by atoms with Gasteiger partial charge in [-0.3, -0.25) is 0 Å². The van der Waals surface area contributed by atoms with Gasteiger partial charge in [-0.2, -0.15) is 0 Å². The van der Waals surface area contributed by atoms with Gasteiger partial charge < -0.3 is 16.0 Å². The molecule has 0 saturated carbocycles. The van der Waals surface area contributed by atoms with E-state index in [1.165, 1.54) is 0 Å². The summed E-state index contributed by atoms with van der Waals surface area (Å²) >= 11 is 10.6. The molecule has 3 N–H and O–H groups in total. The molecule has 0 aliphatic carbocycles. The first-order chi connectivity index (χ1) is 17.1. The van der Waals surface area contributed by atoms with Crippen LogP contribution in [0.25, 0.3) is 21.8 Å². The van der Waals surface area contributed by atoms with Gasteiger partial charge in [0.25, 0.3) is 0 Å². The quantitative estimate of drug-likeness (QED) is 0.192. The Morgan fingerprint density at radius 1 is 0.771 bits per heavy atom. The zero-order valence-electron chi connectivity index (χ0n) is 18.1. The van der Waals surface area contributed by atoms with Crippen molar-refractivity contribution in [1.82, 2.24) is 20.2 Å². The second-order valence-corrected chi connectivity index (χ2v) is 10.2. The van der Waals surface area contributed by atoms with Crippen LogP contribution in [0.5, 0.6) is 0 Å². The van der Waals surface area contributed by atoms with Crippen molar-refractivity contribution in [2.75, 3.05) is 16.0 Å². The average Bonchev–Trinajstić information content (AvgIpc) is 3.33. The molecule has 3 heterocycles. The summed E-state index contributed by atoms with van der Waals surface area (Å²) in [6, 6.07) is 27.2. The number of anilines is 4. The molecule has 0 aliphatic rings. The minimum Gasteiger partial charge on any atom is -0.331 e. The Hall–Kier alpha value is -3.73. The summed E-state index contributed by atoms with van der Waals surface area (Å²) in [5, 5.41) is 18.5. The van der Waals surface area contributed by atoms with Crippen molar-refractivity contribution in [3.8, 4) is 21.8 Å². The molecule has 0 spiro atoms. The Labute approximate surface area is 219 Å². The normalized spacial score (nSPS) is 10.5. The van der Waals surface area contributed by atoms with Crippen molar-refractivity contribution >= 4 is 67.7 Å². The molecule has 5 aromatic rings. The largest absolute Gasteiger partial charge is 0.331 e. The van der Waals surface area contributed by atoms with Gasteiger partial charge in [0.2, 0.25) is 5.95 Å².